The first-order chi connectivity index (χ1) is 13.3. The summed E-state index contributed by atoms with van der Waals surface area (Å²) in [6.45, 7) is 7.87. The number of hydrogen-bond acceptors (Lipinski definition) is 3. The summed E-state index contributed by atoms with van der Waals surface area (Å²) in [5.41, 5.74) is 3.88. The molecule has 1 heterocycles. The lowest BCUT2D eigenvalue weighted by molar-refractivity contribution is -0.126. The molecule has 1 aliphatic heterocycles. The fraction of sp³-hybridized carbons (Fsp3) is 0.458. The average Bonchev–Trinajstić information content (AvgIpc) is 2.62. The maximum absolute atomic E-state index is 12.6. The number of allylic oxidation sites excluding steroid dienone is 4. The first-order valence-electron chi connectivity index (χ1n) is 10.2. The molecule has 0 aromatic heterocycles. The SMILES string of the molecule is CC(=O)C(C)(C)C1CC2=C(C=C1C)C1CCC1C(NC(=O)c1ccccc1)=N2. The highest BCUT2D eigenvalue weighted by Crippen LogP contribution is 2.51. The quantitative estimate of drug-likeness (QED) is 0.832. The number of carbonyl (C=O) groups excluding carboxylic acids is 2. The Hall–Kier alpha value is -2.49. The van der Waals surface area contributed by atoms with Gasteiger partial charge >= 0.3 is 0 Å². The number of nitrogens with zero attached hydrogens (tertiary/aromatic N) is 1. The van der Waals surface area contributed by atoms with E-state index in [1.54, 1.807) is 6.92 Å². The Labute approximate surface area is 166 Å². The van der Waals surface area contributed by atoms with Gasteiger partial charge in [0, 0.05) is 22.6 Å². The van der Waals surface area contributed by atoms with E-state index in [-0.39, 0.29) is 17.6 Å². The third-order valence-corrected chi connectivity index (χ3v) is 7.00. The van der Waals surface area contributed by atoms with Crippen LogP contribution >= 0.6 is 0 Å². The maximum Gasteiger partial charge on any atom is 0.256 e. The van der Waals surface area contributed by atoms with E-state index in [1.165, 1.54) is 11.1 Å². The predicted molar refractivity (Wildman–Crippen MR) is 111 cm³/mol. The van der Waals surface area contributed by atoms with E-state index in [2.05, 4.69) is 18.3 Å². The number of fused-ring (bicyclic) bond motifs is 2. The summed E-state index contributed by atoms with van der Waals surface area (Å²) >= 11 is 0. The van der Waals surface area contributed by atoms with Crippen LogP contribution in [0.2, 0.25) is 0 Å². The maximum atomic E-state index is 12.6. The standard InChI is InChI=1S/C24H28N2O2/c1-14-12-19-17-10-11-18(17)22(26-23(28)16-8-6-5-7-9-16)25-21(19)13-20(14)24(3,4)15(2)27/h5-9,12,17-18,20H,10-11,13H2,1-4H3,(H,25,26,28). The Morgan fingerprint density at radius 3 is 2.39 bits per heavy atom. The second-order valence-electron chi connectivity index (χ2n) is 8.93. The molecule has 1 fully saturated rings. The Bertz CT molecular complexity index is 921. The number of hydrogen-bond donors (Lipinski definition) is 1. The molecule has 3 unspecified atom stereocenters. The minimum absolute atomic E-state index is 0.0998. The number of amides is 1. The van der Waals surface area contributed by atoms with Gasteiger partial charge in [0.25, 0.3) is 5.91 Å². The number of ketones is 1. The first-order valence-corrected chi connectivity index (χ1v) is 10.2. The number of carbonyl (C=O) groups is 2. The molecule has 0 spiro atoms. The molecule has 2 aliphatic carbocycles. The summed E-state index contributed by atoms with van der Waals surface area (Å²) in [6, 6.07) is 9.28. The van der Waals surface area contributed by atoms with E-state index in [9.17, 15) is 9.59 Å². The van der Waals surface area contributed by atoms with Gasteiger partial charge in [0.15, 0.2) is 0 Å². The minimum atomic E-state index is -0.418. The van der Waals surface area contributed by atoms with Crippen LogP contribution in [-0.4, -0.2) is 17.5 Å². The van der Waals surface area contributed by atoms with Crippen LogP contribution in [0.3, 0.4) is 0 Å². The van der Waals surface area contributed by atoms with Crippen molar-refractivity contribution in [2.24, 2.45) is 28.2 Å². The van der Waals surface area contributed by atoms with Crippen molar-refractivity contribution in [3.63, 3.8) is 0 Å². The van der Waals surface area contributed by atoms with E-state index in [4.69, 9.17) is 4.99 Å². The molecule has 1 saturated carbocycles. The van der Waals surface area contributed by atoms with Crippen LogP contribution in [0.25, 0.3) is 0 Å². The van der Waals surface area contributed by atoms with Gasteiger partial charge < -0.3 is 5.32 Å². The third kappa shape index (κ3) is 3.05. The van der Waals surface area contributed by atoms with Gasteiger partial charge in [-0.2, -0.15) is 0 Å². The van der Waals surface area contributed by atoms with Crippen molar-refractivity contribution >= 4 is 17.5 Å². The average molecular weight is 377 g/mol. The van der Waals surface area contributed by atoms with Crippen LogP contribution in [0.4, 0.5) is 0 Å². The number of Topliss-reactive ketones (excluding diaryl/α,β-unsaturated/α-hetero) is 1. The Kier molecular flexibility index (Phi) is 4.60. The molecule has 3 atom stereocenters. The van der Waals surface area contributed by atoms with Gasteiger partial charge in [-0.1, -0.05) is 43.7 Å². The van der Waals surface area contributed by atoms with Gasteiger partial charge in [-0.15, -0.1) is 0 Å². The Morgan fingerprint density at radius 1 is 1.11 bits per heavy atom. The second kappa shape index (κ2) is 6.84. The summed E-state index contributed by atoms with van der Waals surface area (Å²) in [5, 5.41) is 3.08. The number of amidine groups is 1. The topological polar surface area (TPSA) is 58.5 Å². The van der Waals surface area contributed by atoms with E-state index in [0.717, 1.165) is 30.8 Å². The second-order valence-corrected chi connectivity index (χ2v) is 8.93. The van der Waals surface area contributed by atoms with Gasteiger partial charge in [-0.25, -0.2) is 4.99 Å². The highest BCUT2D eigenvalue weighted by molar-refractivity contribution is 6.08. The molecule has 0 radical (unpaired) electrons. The highest BCUT2D eigenvalue weighted by Gasteiger charge is 2.45. The van der Waals surface area contributed by atoms with Crippen molar-refractivity contribution in [2.45, 2.75) is 47.0 Å². The highest BCUT2D eigenvalue weighted by atomic mass is 16.1. The van der Waals surface area contributed by atoms with Crippen molar-refractivity contribution in [2.75, 3.05) is 0 Å². The molecule has 0 saturated heterocycles. The fourth-order valence-corrected chi connectivity index (χ4v) is 4.73. The molecule has 1 N–H and O–H groups in total. The molecule has 0 bridgehead atoms. The smallest absolute Gasteiger partial charge is 0.256 e. The van der Waals surface area contributed by atoms with Crippen molar-refractivity contribution in [1.82, 2.24) is 5.32 Å². The fourth-order valence-electron chi connectivity index (χ4n) is 4.73. The zero-order valence-corrected chi connectivity index (χ0v) is 17.1. The number of nitrogens with one attached hydrogen (secondary N) is 1. The molecule has 4 heteroatoms. The first kappa shape index (κ1) is 18.9. The zero-order chi connectivity index (χ0) is 20.1. The summed E-state index contributed by atoms with van der Waals surface area (Å²) in [4.78, 5) is 29.8. The van der Waals surface area contributed by atoms with Crippen LogP contribution in [0, 0.1) is 23.2 Å². The zero-order valence-electron chi connectivity index (χ0n) is 17.1. The number of aliphatic imine (C=N–C) groups is 1. The van der Waals surface area contributed by atoms with Crippen LogP contribution < -0.4 is 5.32 Å². The third-order valence-electron chi connectivity index (χ3n) is 7.00. The molecular weight excluding hydrogens is 348 g/mol. The normalized spacial score (nSPS) is 26.4. The minimum Gasteiger partial charge on any atom is -0.310 e. The molecule has 1 aromatic rings. The van der Waals surface area contributed by atoms with Gasteiger partial charge in [-0.3, -0.25) is 9.59 Å². The van der Waals surface area contributed by atoms with E-state index in [0.29, 0.717) is 17.4 Å². The molecule has 28 heavy (non-hydrogen) atoms. The van der Waals surface area contributed by atoms with E-state index < -0.39 is 5.41 Å². The van der Waals surface area contributed by atoms with E-state index in [1.807, 2.05) is 44.2 Å². The van der Waals surface area contributed by atoms with Crippen LogP contribution in [0.15, 0.2) is 58.2 Å². The summed E-state index contributed by atoms with van der Waals surface area (Å²) < 4.78 is 0. The lowest BCUT2D eigenvalue weighted by Crippen LogP contribution is -2.47. The lowest BCUT2D eigenvalue weighted by atomic mass is 9.62. The van der Waals surface area contributed by atoms with Crippen molar-refractivity contribution in [3.8, 4) is 0 Å². The monoisotopic (exact) mass is 376 g/mol. The largest absolute Gasteiger partial charge is 0.310 e. The van der Waals surface area contributed by atoms with Crippen molar-refractivity contribution in [3.05, 3.63) is 58.8 Å². The molecule has 1 aromatic carbocycles. The van der Waals surface area contributed by atoms with Crippen molar-refractivity contribution in [1.29, 1.82) is 0 Å². The Balaban J connectivity index is 1.63. The molecule has 1 amide bonds. The Morgan fingerprint density at radius 2 is 1.79 bits per heavy atom. The predicted octanol–water partition coefficient (Wildman–Crippen LogP) is 4.69. The summed E-state index contributed by atoms with van der Waals surface area (Å²) in [7, 11) is 0. The van der Waals surface area contributed by atoms with Gasteiger partial charge in [0.2, 0.25) is 0 Å². The molecule has 4 rings (SSSR count). The van der Waals surface area contributed by atoms with Crippen molar-refractivity contribution < 1.29 is 9.59 Å². The molecule has 3 aliphatic rings. The van der Waals surface area contributed by atoms with Gasteiger partial charge in [-0.05, 0) is 62.7 Å². The van der Waals surface area contributed by atoms with Crippen LogP contribution in [0.5, 0.6) is 0 Å². The van der Waals surface area contributed by atoms with Gasteiger partial charge in [0.1, 0.15) is 11.6 Å². The summed E-state index contributed by atoms with van der Waals surface area (Å²) in [5.74, 6) is 1.79. The number of rotatable bonds is 3. The lowest BCUT2D eigenvalue weighted by Gasteiger charge is -2.45. The molecule has 146 valence electrons. The van der Waals surface area contributed by atoms with Gasteiger partial charge in [0.05, 0.1) is 0 Å². The summed E-state index contributed by atoms with van der Waals surface area (Å²) in [6.07, 6.45) is 5.22. The van der Waals surface area contributed by atoms with Crippen LogP contribution in [-0.2, 0) is 4.79 Å². The molecule has 4 nitrogen and oxygen atoms in total. The van der Waals surface area contributed by atoms with E-state index >= 15 is 0 Å². The van der Waals surface area contributed by atoms with Crippen LogP contribution in [0.1, 0.15) is 57.3 Å². The number of benzene rings is 1. The molecular formula is C24H28N2O2.